The van der Waals surface area contributed by atoms with E-state index >= 15 is 0 Å². The van der Waals surface area contributed by atoms with Crippen LogP contribution in [0.4, 0.5) is 0 Å². The molecule has 0 aliphatic carbocycles. The van der Waals surface area contributed by atoms with E-state index in [1.165, 1.54) is 0 Å². The second kappa shape index (κ2) is 7.87. The Balaban J connectivity index is 0. The van der Waals surface area contributed by atoms with Gasteiger partial charge in [0.15, 0.2) is 0 Å². The number of Topliss-reactive ketones (excluding diaryl/α,β-unsaturated/α-hetero) is 1. The Hall–Kier alpha value is 0.246. The zero-order valence-corrected chi connectivity index (χ0v) is 5.74. The molecule has 0 aliphatic heterocycles. The molecule has 64 valence electrons. The normalized spacial score (nSPS) is 8.33. The third kappa shape index (κ3) is 10.2. The van der Waals surface area contributed by atoms with Crippen LogP contribution in [0.25, 0.3) is 0 Å². The molecule has 6 heteroatoms. The number of carbonyl (C=O) groups is 3. The third-order valence-electron chi connectivity index (χ3n) is 0.966. The molecule has 0 amide bonds. The molecule has 0 aliphatic rings. The average Bonchev–Trinajstić information content (AvgIpc) is 1.82. The zero-order chi connectivity index (χ0) is 8.85. The van der Waals surface area contributed by atoms with Crippen molar-refractivity contribution in [3.8, 4) is 0 Å². The van der Waals surface area contributed by atoms with Crippen molar-refractivity contribution in [2.45, 2.75) is 19.3 Å². The molecule has 2 N–H and O–H groups in total. The van der Waals surface area contributed by atoms with Gasteiger partial charge in [0, 0.05) is 6.42 Å². The molecule has 0 saturated carbocycles. The zero-order valence-electron chi connectivity index (χ0n) is 5.74. The van der Waals surface area contributed by atoms with Crippen LogP contribution in [0.1, 0.15) is 19.3 Å². The molecule has 0 unspecified atom stereocenters. The first kappa shape index (κ1) is 14.8. The van der Waals surface area contributed by atoms with E-state index in [4.69, 9.17) is 10.2 Å². The summed E-state index contributed by atoms with van der Waals surface area (Å²) in [5, 5.41) is 16.2. The van der Waals surface area contributed by atoms with Crippen LogP contribution in [0.2, 0.25) is 0 Å². The maximum atomic E-state index is 10.5. The maximum absolute atomic E-state index is 10.5. The predicted octanol–water partition coefficient (Wildman–Crippen LogP) is -0.754. The average molecular weight is 200 g/mol. The van der Waals surface area contributed by atoms with E-state index in [-0.39, 0.29) is 64.2 Å². The Morgan fingerprint density at radius 2 is 1.42 bits per heavy atom. The van der Waals surface area contributed by atoms with Gasteiger partial charge in [0.25, 0.3) is 0 Å². The molecule has 0 saturated heterocycles. The van der Waals surface area contributed by atoms with Crippen LogP contribution in [0.5, 0.6) is 0 Å². The Kier molecular flexibility index (Phi) is 9.68. The fourth-order valence-electron chi connectivity index (χ4n) is 0.503. The van der Waals surface area contributed by atoms with Gasteiger partial charge in [-0.1, -0.05) is 0 Å². The number of carboxylic acids is 2. The Morgan fingerprint density at radius 1 is 0.917 bits per heavy atom. The summed E-state index contributed by atoms with van der Waals surface area (Å²) in [5.74, 6) is -2.87. The van der Waals surface area contributed by atoms with Crippen molar-refractivity contribution >= 4 is 69.1 Å². The molecule has 0 radical (unpaired) electrons. The van der Waals surface area contributed by atoms with Gasteiger partial charge >= 0.3 is 63.3 Å². The monoisotopic (exact) mass is 200 g/mol. The van der Waals surface area contributed by atoms with Crippen molar-refractivity contribution < 1.29 is 24.6 Å². The van der Waals surface area contributed by atoms with E-state index in [2.05, 4.69) is 0 Å². The number of aliphatic carboxylic acids is 2. The minimum absolute atomic E-state index is 0. The Labute approximate surface area is 112 Å². The van der Waals surface area contributed by atoms with Crippen molar-refractivity contribution in [3.05, 3.63) is 0 Å². The molecule has 0 heterocycles. The van der Waals surface area contributed by atoms with Gasteiger partial charge in [-0.3, -0.25) is 14.4 Å². The van der Waals surface area contributed by atoms with E-state index in [1.807, 2.05) is 0 Å². The number of carbonyl (C=O) groups excluding carboxylic acids is 1. The first-order valence-corrected chi connectivity index (χ1v) is 2.97. The predicted molar refractivity (Wildman–Crippen MR) is 41.3 cm³/mol. The Bertz CT molecular complexity index is 188. The van der Waals surface area contributed by atoms with E-state index in [0.29, 0.717) is 0 Å². The van der Waals surface area contributed by atoms with E-state index < -0.39 is 24.1 Å². The van der Waals surface area contributed by atoms with Gasteiger partial charge in [0.05, 0.1) is 6.42 Å². The van der Waals surface area contributed by atoms with Gasteiger partial charge in [0.2, 0.25) is 0 Å². The first-order valence-electron chi connectivity index (χ1n) is 2.97. The van der Waals surface area contributed by atoms with Gasteiger partial charge in [-0.15, -0.1) is 0 Å². The molecular formula is C6H9KO5. The van der Waals surface area contributed by atoms with Gasteiger partial charge in [0.1, 0.15) is 12.2 Å². The number of hydrogen-bond donors (Lipinski definition) is 2. The van der Waals surface area contributed by atoms with Crippen molar-refractivity contribution in [2.24, 2.45) is 0 Å². The molecule has 0 aromatic rings. The van der Waals surface area contributed by atoms with Gasteiger partial charge in [-0.05, 0) is 0 Å². The van der Waals surface area contributed by atoms with Crippen LogP contribution in [-0.4, -0.2) is 79.3 Å². The molecule has 12 heavy (non-hydrogen) atoms. The molecular weight excluding hydrogens is 191 g/mol. The van der Waals surface area contributed by atoms with Gasteiger partial charge < -0.3 is 10.2 Å². The second-order valence-corrected chi connectivity index (χ2v) is 2.00. The van der Waals surface area contributed by atoms with Crippen LogP contribution in [-0.2, 0) is 14.4 Å². The third-order valence-corrected chi connectivity index (χ3v) is 0.966. The number of ketones is 1. The summed E-state index contributed by atoms with van der Waals surface area (Å²) in [6.07, 6.45) is -1.10. The molecule has 0 atom stereocenters. The van der Waals surface area contributed by atoms with Gasteiger partial charge in [-0.25, -0.2) is 0 Å². The summed E-state index contributed by atoms with van der Waals surface area (Å²) < 4.78 is 0. The minimum atomic E-state index is -1.22. The van der Waals surface area contributed by atoms with Crippen molar-refractivity contribution in [1.29, 1.82) is 0 Å². The molecule has 0 aromatic carbocycles. The van der Waals surface area contributed by atoms with Crippen LogP contribution >= 0.6 is 0 Å². The molecule has 0 rings (SSSR count). The van der Waals surface area contributed by atoms with Crippen LogP contribution in [0.15, 0.2) is 0 Å². The Morgan fingerprint density at radius 3 is 1.75 bits per heavy atom. The molecule has 0 aromatic heterocycles. The van der Waals surface area contributed by atoms with E-state index in [9.17, 15) is 14.4 Å². The number of rotatable bonds is 5. The fourth-order valence-corrected chi connectivity index (χ4v) is 0.503. The van der Waals surface area contributed by atoms with Crippen molar-refractivity contribution in [2.75, 3.05) is 0 Å². The summed E-state index contributed by atoms with van der Waals surface area (Å²) in [6.45, 7) is 0. The van der Waals surface area contributed by atoms with Crippen LogP contribution in [0.3, 0.4) is 0 Å². The van der Waals surface area contributed by atoms with E-state index in [1.54, 1.807) is 0 Å². The topological polar surface area (TPSA) is 91.7 Å². The summed E-state index contributed by atoms with van der Waals surface area (Å²) >= 11 is 0. The second-order valence-electron chi connectivity index (χ2n) is 2.00. The van der Waals surface area contributed by atoms with Crippen molar-refractivity contribution in [3.63, 3.8) is 0 Å². The molecule has 0 bridgehead atoms. The summed E-state index contributed by atoms with van der Waals surface area (Å²) in [7, 11) is 0. The SMILES string of the molecule is O=C(O)CCC(=O)CC(=O)O.[KH]. The summed E-state index contributed by atoms with van der Waals surface area (Å²) in [5.41, 5.74) is 0. The first-order chi connectivity index (χ1) is 5.02. The van der Waals surface area contributed by atoms with Crippen LogP contribution in [0, 0.1) is 0 Å². The number of hydrogen-bond acceptors (Lipinski definition) is 3. The molecule has 5 nitrogen and oxygen atoms in total. The van der Waals surface area contributed by atoms with Gasteiger partial charge in [-0.2, -0.15) is 0 Å². The molecule has 0 fully saturated rings. The molecule has 0 spiro atoms. The number of carboxylic acid groups (broad SMARTS) is 2. The standard InChI is InChI=1S/C6H8O5.K.H/c7-4(3-6(10)11)1-2-5(8)9;;/h1-3H2,(H,8,9)(H,10,11);;. The quantitative estimate of drug-likeness (QED) is 0.450. The summed E-state index contributed by atoms with van der Waals surface area (Å²) in [4.78, 5) is 30.3. The summed E-state index contributed by atoms with van der Waals surface area (Å²) in [6, 6.07) is 0. The van der Waals surface area contributed by atoms with E-state index in [0.717, 1.165) is 0 Å². The van der Waals surface area contributed by atoms with Crippen LogP contribution < -0.4 is 0 Å². The van der Waals surface area contributed by atoms with Crippen molar-refractivity contribution in [1.82, 2.24) is 0 Å². The fraction of sp³-hybridized carbons (Fsp3) is 0.500.